The van der Waals surface area contributed by atoms with Crippen molar-refractivity contribution in [3.8, 4) is 0 Å². The predicted octanol–water partition coefficient (Wildman–Crippen LogP) is 4.10. The molecule has 0 saturated carbocycles. The largest absolute Gasteiger partial charge is 0.359 e. The molecule has 24 heavy (non-hydrogen) atoms. The zero-order valence-corrected chi connectivity index (χ0v) is 13.7. The van der Waals surface area contributed by atoms with Gasteiger partial charge in [0.2, 0.25) is 0 Å². The summed E-state index contributed by atoms with van der Waals surface area (Å²) >= 11 is 0. The van der Waals surface area contributed by atoms with E-state index in [9.17, 15) is 4.79 Å². The molecule has 4 nitrogen and oxygen atoms in total. The summed E-state index contributed by atoms with van der Waals surface area (Å²) in [5.41, 5.74) is 4.64. The third-order valence-corrected chi connectivity index (χ3v) is 4.47. The van der Waals surface area contributed by atoms with E-state index in [0.717, 1.165) is 22.6 Å². The number of para-hydroxylation sites is 1. The van der Waals surface area contributed by atoms with E-state index < -0.39 is 0 Å². The fourth-order valence-electron chi connectivity index (χ4n) is 3.26. The molecule has 0 bridgehead atoms. The highest BCUT2D eigenvalue weighted by Crippen LogP contribution is 2.36. The van der Waals surface area contributed by atoms with E-state index in [4.69, 9.17) is 0 Å². The Kier molecular flexibility index (Phi) is 3.38. The average Bonchev–Trinajstić information content (AvgIpc) is 3.00. The average molecular weight is 317 g/mol. The predicted molar refractivity (Wildman–Crippen MR) is 96.2 cm³/mol. The molecule has 3 aromatic rings. The Hall–Kier alpha value is -3.01. The highest BCUT2D eigenvalue weighted by molar-refractivity contribution is 6.12. The molecule has 0 aliphatic carbocycles. The van der Waals surface area contributed by atoms with Crippen molar-refractivity contribution in [2.75, 3.05) is 10.2 Å². The molecule has 0 saturated heterocycles. The summed E-state index contributed by atoms with van der Waals surface area (Å²) in [6, 6.07) is 19.8. The van der Waals surface area contributed by atoms with Gasteiger partial charge in [0.15, 0.2) is 0 Å². The minimum Gasteiger partial charge on any atom is -0.359 e. The van der Waals surface area contributed by atoms with Crippen LogP contribution in [0.1, 0.15) is 27.8 Å². The Morgan fingerprint density at radius 1 is 1.00 bits per heavy atom. The Bertz CT molecular complexity index is 913. The highest BCUT2D eigenvalue weighted by atomic mass is 16.2. The van der Waals surface area contributed by atoms with E-state index in [1.54, 1.807) is 0 Å². The van der Waals surface area contributed by atoms with E-state index in [1.807, 2.05) is 90.3 Å². The monoisotopic (exact) mass is 317 g/mol. The number of carbonyl (C=O) groups excluding carboxylic acids is 1. The molecule has 120 valence electrons. The van der Waals surface area contributed by atoms with Crippen LogP contribution in [0.5, 0.6) is 0 Å². The summed E-state index contributed by atoms with van der Waals surface area (Å²) in [4.78, 5) is 15.1. The molecule has 2 aromatic carbocycles. The van der Waals surface area contributed by atoms with Gasteiger partial charge in [0.1, 0.15) is 6.17 Å². The van der Waals surface area contributed by atoms with Crippen LogP contribution < -0.4 is 10.2 Å². The quantitative estimate of drug-likeness (QED) is 0.772. The van der Waals surface area contributed by atoms with Crippen LogP contribution in [-0.4, -0.2) is 10.5 Å². The van der Waals surface area contributed by atoms with Gasteiger partial charge in [0, 0.05) is 24.6 Å². The van der Waals surface area contributed by atoms with Crippen LogP contribution in [-0.2, 0) is 7.05 Å². The molecule has 4 rings (SSSR count). The number of fused-ring (bicyclic) bond motifs is 1. The number of rotatable bonds is 2. The van der Waals surface area contributed by atoms with Crippen LogP contribution in [0.15, 0.2) is 66.9 Å². The number of benzene rings is 2. The molecular weight excluding hydrogens is 298 g/mol. The van der Waals surface area contributed by atoms with E-state index in [-0.39, 0.29) is 12.1 Å². The summed E-state index contributed by atoms with van der Waals surface area (Å²) in [5.74, 6) is 0.0150. The van der Waals surface area contributed by atoms with Crippen molar-refractivity contribution >= 4 is 17.3 Å². The minimum absolute atomic E-state index is 0.0150. The highest BCUT2D eigenvalue weighted by Gasteiger charge is 2.34. The van der Waals surface area contributed by atoms with Crippen LogP contribution in [0, 0.1) is 6.92 Å². The number of hydrogen-bond donors (Lipinski definition) is 1. The molecule has 1 N–H and O–H groups in total. The maximum Gasteiger partial charge on any atom is 0.262 e. The van der Waals surface area contributed by atoms with Gasteiger partial charge >= 0.3 is 0 Å². The topological polar surface area (TPSA) is 37.3 Å². The SMILES string of the molecule is Cc1cccc(N2C(=O)c3ccccc3N[C@@H]2c2cccn2C)c1. The maximum absolute atomic E-state index is 13.2. The second-order valence-electron chi connectivity index (χ2n) is 6.15. The van der Waals surface area contributed by atoms with Gasteiger partial charge in [-0.3, -0.25) is 9.69 Å². The van der Waals surface area contributed by atoms with Gasteiger partial charge in [0.25, 0.3) is 5.91 Å². The van der Waals surface area contributed by atoms with Gasteiger partial charge in [-0.1, -0.05) is 24.3 Å². The number of hydrogen-bond acceptors (Lipinski definition) is 2. The number of aromatic nitrogens is 1. The van der Waals surface area contributed by atoms with E-state index in [1.165, 1.54) is 0 Å². The summed E-state index contributed by atoms with van der Waals surface area (Å²) in [6.45, 7) is 2.04. The zero-order valence-electron chi connectivity index (χ0n) is 13.7. The van der Waals surface area contributed by atoms with Gasteiger partial charge in [-0.25, -0.2) is 0 Å². The van der Waals surface area contributed by atoms with Crippen LogP contribution in [0.4, 0.5) is 11.4 Å². The second-order valence-corrected chi connectivity index (χ2v) is 6.15. The van der Waals surface area contributed by atoms with E-state index in [0.29, 0.717) is 5.56 Å². The molecule has 1 aliphatic rings. The third-order valence-electron chi connectivity index (χ3n) is 4.47. The lowest BCUT2D eigenvalue weighted by Crippen LogP contribution is -2.43. The third kappa shape index (κ3) is 2.27. The number of nitrogens with zero attached hydrogens (tertiary/aromatic N) is 2. The minimum atomic E-state index is -0.241. The van der Waals surface area contributed by atoms with Crippen molar-refractivity contribution in [3.05, 3.63) is 83.7 Å². The van der Waals surface area contributed by atoms with Crippen molar-refractivity contribution in [2.45, 2.75) is 13.1 Å². The molecule has 1 aromatic heterocycles. The normalized spacial score (nSPS) is 16.7. The Morgan fingerprint density at radius 2 is 1.83 bits per heavy atom. The van der Waals surface area contributed by atoms with Gasteiger partial charge in [0.05, 0.1) is 11.3 Å². The Labute approximate surface area is 141 Å². The van der Waals surface area contributed by atoms with Crippen LogP contribution in [0.3, 0.4) is 0 Å². The van der Waals surface area contributed by atoms with Crippen LogP contribution >= 0.6 is 0 Å². The summed E-state index contributed by atoms with van der Waals surface area (Å²) in [5, 5.41) is 3.52. The second kappa shape index (κ2) is 5.57. The number of anilines is 2. The number of aryl methyl sites for hydroxylation is 2. The smallest absolute Gasteiger partial charge is 0.262 e. The lowest BCUT2D eigenvalue weighted by Gasteiger charge is -2.38. The van der Waals surface area contributed by atoms with Crippen molar-refractivity contribution < 1.29 is 4.79 Å². The maximum atomic E-state index is 13.2. The first kappa shape index (κ1) is 14.6. The zero-order chi connectivity index (χ0) is 16.7. The molecule has 0 unspecified atom stereocenters. The van der Waals surface area contributed by atoms with Crippen molar-refractivity contribution in [1.82, 2.24) is 4.57 Å². The molecule has 0 fully saturated rings. The number of nitrogens with one attached hydrogen (secondary N) is 1. The van der Waals surface area contributed by atoms with E-state index in [2.05, 4.69) is 5.32 Å². The molecule has 1 atom stereocenters. The lowest BCUT2D eigenvalue weighted by atomic mass is 10.0. The summed E-state index contributed by atoms with van der Waals surface area (Å²) < 4.78 is 2.04. The molecule has 1 amide bonds. The van der Waals surface area contributed by atoms with Gasteiger partial charge < -0.3 is 9.88 Å². The first-order valence-corrected chi connectivity index (χ1v) is 8.02. The standard InChI is InChI=1S/C20H19N3O/c1-14-7-5-8-15(13-14)23-19(18-11-6-12-22(18)2)21-17-10-4-3-9-16(17)20(23)24/h3-13,19,21H,1-2H3/t19-/m0/s1. The summed E-state index contributed by atoms with van der Waals surface area (Å²) in [6.07, 6.45) is 1.75. The van der Waals surface area contributed by atoms with Crippen molar-refractivity contribution in [1.29, 1.82) is 0 Å². The number of amides is 1. The molecule has 1 aliphatic heterocycles. The fraction of sp³-hybridized carbons (Fsp3) is 0.150. The number of carbonyl (C=O) groups is 1. The van der Waals surface area contributed by atoms with Gasteiger partial charge in [-0.05, 0) is 48.9 Å². The van der Waals surface area contributed by atoms with Crippen molar-refractivity contribution in [3.63, 3.8) is 0 Å². The molecule has 0 spiro atoms. The van der Waals surface area contributed by atoms with E-state index >= 15 is 0 Å². The molecule has 0 radical (unpaired) electrons. The van der Waals surface area contributed by atoms with Crippen LogP contribution in [0.25, 0.3) is 0 Å². The lowest BCUT2D eigenvalue weighted by molar-refractivity contribution is 0.0974. The summed E-state index contributed by atoms with van der Waals surface area (Å²) in [7, 11) is 2.00. The van der Waals surface area contributed by atoms with Gasteiger partial charge in [-0.2, -0.15) is 0 Å². The molecule has 2 heterocycles. The van der Waals surface area contributed by atoms with Crippen molar-refractivity contribution in [2.24, 2.45) is 7.05 Å². The van der Waals surface area contributed by atoms with Gasteiger partial charge in [-0.15, -0.1) is 0 Å². The fourth-order valence-corrected chi connectivity index (χ4v) is 3.26. The Morgan fingerprint density at radius 3 is 2.58 bits per heavy atom. The molecular formula is C20H19N3O. The molecule has 4 heteroatoms. The first-order valence-electron chi connectivity index (χ1n) is 8.02. The van der Waals surface area contributed by atoms with Crippen LogP contribution in [0.2, 0.25) is 0 Å². The Balaban J connectivity index is 1.89. The first-order chi connectivity index (χ1) is 11.6.